The van der Waals surface area contributed by atoms with Gasteiger partial charge in [-0.2, -0.15) is 0 Å². The maximum atomic E-state index is 11.1. The molecule has 2 unspecified atom stereocenters. The molecule has 90 valence electrons. The van der Waals surface area contributed by atoms with Crippen molar-refractivity contribution in [1.82, 2.24) is 5.32 Å². The number of ether oxygens (including phenoxy) is 1. The van der Waals surface area contributed by atoms with Gasteiger partial charge in [-0.1, -0.05) is 13.8 Å². The summed E-state index contributed by atoms with van der Waals surface area (Å²) in [7, 11) is 1.22. The molecule has 0 bridgehead atoms. The van der Waals surface area contributed by atoms with E-state index in [9.17, 15) is 9.90 Å². The second-order valence-corrected chi connectivity index (χ2v) is 4.18. The predicted molar refractivity (Wildman–Crippen MR) is 56.4 cm³/mol. The summed E-state index contributed by atoms with van der Waals surface area (Å²) in [6.07, 6.45) is 0. The normalized spacial score (nSPS) is 17.3. The molecule has 0 spiro atoms. The standard InChI is InChI=1S/C10H21NO4/c1-7(2)8(5-12)11-6-10(3,14)9(13)15-4/h7-8,11-12,14H,5-6H2,1-4H3. The van der Waals surface area contributed by atoms with Crippen LogP contribution in [-0.4, -0.2) is 48.1 Å². The number of methoxy groups -OCH3 is 1. The monoisotopic (exact) mass is 219 g/mol. The van der Waals surface area contributed by atoms with E-state index in [1.165, 1.54) is 14.0 Å². The third kappa shape index (κ3) is 4.59. The summed E-state index contributed by atoms with van der Waals surface area (Å²) in [5.41, 5.74) is -1.56. The highest BCUT2D eigenvalue weighted by Gasteiger charge is 2.32. The van der Waals surface area contributed by atoms with Gasteiger partial charge in [0.1, 0.15) is 0 Å². The molecule has 5 heteroatoms. The smallest absolute Gasteiger partial charge is 0.338 e. The first-order valence-electron chi connectivity index (χ1n) is 5.00. The minimum Gasteiger partial charge on any atom is -0.467 e. The molecule has 0 heterocycles. The lowest BCUT2D eigenvalue weighted by Crippen LogP contribution is -2.50. The lowest BCUT2D eigenvalue weighted by Gasteiger charge is -2.26. The predicted octanol–water partition coefficient (Wildman–Crippen LogP) is -0.483. The largest absolute Gasteiger partial charge is 0.467 e. The van der Waals surface area contributed by atoms with E-state index < -0.39 is 11.6 Å². The number of nitrogens with one attached hydrogen (secondary N) is 1. The summed E-state index contributed by atoms with van der Waals surface area (Å²) in [6.45, 7) is 5.29. The van der Waals surface area contributed by atoms with Gasteiger partial charge in [0.15, 0.2) is 5.60 Å². The van der Waals surface area contributed by atoms with Crippen LogP contribution in [0.25, 0.3) is 0 Å². The number of rotatable bonds is 6. The van der Waals surface area contributed by atoms with Gasteiger partial charge in [0.2, 0.25) is 0 Å². The lowest BCUT2D eigenvalue weighted by molar-refractivity contribution is -0.160. The van der Waals surface area contributed by atoms with E-state index in [1.54, 1.807) is 0 Å². The Balaban J connectivity index is 4.18. The van der Waals surface area contributed by atoms with Crippen LogP contribution in [0.2, 0.25) is 0 Å². The molecule has 0 amide bonds. The highest BCUT2D eigenvalue weighted by atomic mass is 16.5. The molecule has 15 heavy (non-hydrogen) atoms. The van der Waals surface area contributed by atoms with E-state index in [4.69, 9.17) is 5.11 Å². The Kier molecular flexibility index (Phi) is 5.79. The SMILES string of the molecule is COC(=O)C(C)(O)CNC(CO)C(C)C. The second kappa shape index (κ2) is 6.05. The molecule has 0 aliphatic rings. The molecule has 0 aliphatic carbocycles. The molecule has 0 aromatic heterocycles. The van der Waals surface area contributed by atoms with E-state index in [0.717, 1.165) is 0 Å². The fraction of sp³-hybridized carbons (Fsp3) is 0.900. The van der Waals surface area contributed by atoms with E-state index in [-0.39, 0.29) is 25.1 Å². The topological polar surface area (TPSA) is 78.8 Å². The first-order valence-corrected chi connectivity index (χ1v) is 5.00. The zero-order valence-corrected chi connectivity index (χ0v) is 9.78. The number of esters is 1. The maximum absolute atomic E-state index is 11.1. The van der Waals surface area contributed by atoms with Crippen LogP contribution in [0.3, 0.4) is 0 Å². The summed E-state index contributed by atoms with van der Waals surface area (Å²) in [5.74, 6) is -0.459. The van der Waals surface area contributed by atoms with Gasteiger partial charge >= 0.3 is 5.97 Å². The van der Waals surface area contributed by atoms with Crippen molar-refractivity contribution < 1.29 is 19.7 Å². The first-order chi connectivity index (χ1) is 6.85. The van der Waals surface area contributed by atoms with Gasteiger partial charge in [-0.15, -0.1) is 0 Å². The quantitative estimate of drug-likeness (QED) is 0.526. The molecule has 0 saturated carbocycles. The Hall–Kier alpha value is -0.650. The number of hydrogen-bond donors (Lipinski definition) is 3. The average molecular weight is 219 g/mol. The van der Waals surface area contributed by atoms with Crippen LogP contribution >= 0.6 is 0 Å². The number of aliphatic hydroxyl groups is 2. The molecule has 0 aromatic rings. The van der Waals surface area contributed by atoms with E-state index in [0.29, 0.717) is 0 Å². The van der Waals surface area contributed by atoms with Crippen LogP contribution in [-0.2, 0) is 9.53 Å². The summed E-state index contributed by atoms with van der Waals surface area (Å²) < 4.78 is 4.45. The lowest BCUT2D eigenvalue weighted by atomic mass is 10.0. The molecule has 0 saturated heterocycles. The van der Waals surface area contributed by atoms with Crippen LogP contribution < -0.4 is 5.32 Å². The Labute approximate surface area is 90.4 Å². The van der Waals surface area contributed by atoms with Gasteiger partial charge in [-0.05, 0) is 12.8 Å². The third-order valence-corrected chi connectivity index (χ3v) is 2.34. The highest BCUT2D eigenvalue weighted by Crippen LogP contribution is 2.06. The van der Waals surface area contributed by atoms with Crippen molar-refractivity contribution in [3.63, 3.8) is 0 Å². The van der Waals surface area contributed by atoms with E-state index in [2.05, 4.69) is 10.1 Å². The fourth-order valence-electron chi connectivity index (χ4n) is 1.13. The van der Waals surface area contributed by atoms with Crippen LogP contribution in [0.5, 0.6) is 0 Å². The summed E-state index contributed by atoms with van der Waals surface area (Å²) >= 11 is 0. The summed E-state index contributed by atoms with van der Waals surface area (Å²) in [6, 6.07) is -0.138. The van der Waals surface area contributed by atoms with Gasteiger partial charge in [-0.3, -0.25) is 0 Å². The Morgan fingerprint density at radius 2 is 2.07 bits per heavy atom. The molecule has 0 fully saturated rings. The van der Waals surface area contributed by atoms with E-state index in [1.807, 2.05) is 13.8 Å². The van der Waals surface area contributed by atoms with Crippen molar-refractivity contribution in [2.75, 3.05) is 20.3 Å². The minimum atomic E-state index is -1.56. The Morgan fingerprint density at radius 3 is 2.40 bits per heavy atom. The zero-order chi connectivity index (χ0) is 12.1. The van der Waals surface area contributed by atoms with Crippen LogP contribution in [0.15, 0.2) is 0 Å². The van der Waals surface area contributed by atoms with Crippen LogP contribution in [0.1, 0.15) is 20.8 Å². The van der Waals surface area contributed by atoms with Crippen LogP contribution in [0.4, 0.5) is 0 Å². The molecule has 0 radical (unpaired) electrons. The van der Waals surface area contributed by atoms with Crippen LogP contribution in [0, 0.1) is 5.92 Å². The van der Waals surface area contributed by atoms with E-state index >= 15 is 0 Å². The first kappa shape index (κ1) is 14.3. The second-order valence-electron chi connectivity index (χ2n) is 4.18. The van der Waals surface area contributed by atoms with Gasteiger partial charge in [0.05, 0.1) is 13.7 Å². The van der Waals surface area contributed by atoms with Gasteiger partial charge in [0, 0.05) is 12.6 Å². The van der Waals surface area contributed by atoms with Gasteiger partial charge in [0.25, 0.3) is 0 Å². The zero-order valence-electron chi connectivity index (χ0n) is 9.78. The third-order valence-electron chi connectivity index (χ3n) is 2.34. The number of hydrogen-bond acceptors (Lipinski definition) is 5. The molecule has 3 N–H and O–H groups in total. The van der Waals surface area contributed by atoms with Gasteiger partial charge < -0.3 is 20.3 Å². The summed E-state index contributed by atoms with van der Waals surface area (Å²) in [5, 5.41) is 21.6. The molecule has 5 nitrogen and oxygen atoms in total. The number of aliphatic hydroxyl groups excluding tert-OH is 1. The van der Waals surface area contributed by atoms with Crippen molar-refractivity contribution in [3.8, 4) is 0 Å². The minimum absolute atomic E-state index is 0.0328. The van der Waals surface area contributed by atoms with Crippen molar-refractivity contribution >= 4 is 5.97 Å². The van der Waals surface area contributed by atoms with Crippen molar-refractivity contribution in [1.29, 1.82) is 0 Å². The van der Waals surface area contributed by atoms with Crippen molar-refractivity contribution in [2.24, 2.45) is 5.92 Å². The Bertz CT molecular complexity index is 204. The molecular weight excluding hydrogens is 198 g/mol. The number of carbonyl (C=O) groups is 1. The molecule has 2 atom stereocenters. The average Bonchev–Trinajstić information content (AvgIpc) is 2.16. The van der Waals surface area contributed by atoms with Gasteiger partial charge in [-0.25, -0.2) is 4.79 Å². The highest BCUT2D eigenvalue weighted by molar-refractivity contribution is 5.78. The summed E-state index contributed by atoms with van der Waals surface area (Å²) in [4.78, 5) is 11.1. The molecular formula is C10H21NO4. The molecule has 0 aromatic carbocycles. The van der Waals surface area contributed by atoms with Crippen molar-refractivity contribution in [3.05, 3.63) is 0 Å². The van der Waals surface area contributed by atoms with Crippen molar-refractivity contribution in [2.45, 2.75) is 32.4 Å². The Morgan fingerprint density at radius 1 is 1.53 bits per heavy atom. The number of carbonyl (C=O) groups excluding carboxylic acids is 1. The maximum Gasteiger partial charge on any atom is 0.338 e. The molecule has 0 aliphatic heterocycles. The molecule has 0 rings (SSSR count). The fourth-order valence-corrected chi connectivity index (χ4v) is 1.13.